The quantitative estimate of drug-likeness (QED) is 0.146. The fraction of sp³-hybridized carbons (Fsp3) is 0. The van der Waals surface area contributed by atoms with Gasteiger partial charge in [0, 0.05) is 0 Å². The van der Waals surface area contributed by atoms with Gasteiger partial charge in [-0.1, -0.05) is 206 Å². The molecule has 0 heteroatoms. The lowest BCUT2D eigenvalue weighted by atomic mass is 9.89. The van der Waals surface area contributed by atoms with Crippen molar-refractivity contribution >= 4 is 64.6 Å². The van der Waals surface area contributed by atoms with E-state index in [-0.39, 0.29) is 0 Å². The molecule has 13 aromatic carbocycles. The van der Waals surface area contributed by atoms with Gasteiger partial charge in [0.1, 0.15) is 0 Å². The van der Waals surface area contributed by atoms with Crippen LogP contribution in [0.1, 0.15) is 0 Å². The Hall–Kier alpha value is -8.58. The Bertz CT molecular complexity index is 3680. The molecule has 0 saturated carbocycles. The summed E-state index contributed by atoms with van der Waals surface area (Å²) in [6, 6.07) is 94.2. The molecule has 0 unspecified atom stereocenters. The molecule has 0 aromatic heterocycles. The fourth-order valence-corrected chi connectivity index (χ4v) is 10.5. The molecule has 0 N–H and O–H groups in total. The highest BCUT2D eigenvalue weighted by Crippen LogP contribution is 2.42. The zero-order valence-electron chi connectivity index (χ0n) is 36.2. The van der Waals surface area contributed by atoms with Crippen LogP contribution in [0.5, 0.6) is 0 Å². The Kier molecular flexibility index (Phi) is 8.96. The van der Waals surface area contributed by atoms with E-state index < -0.39 is 0 Å². The third-order valence-corrected chi connectivity index (χ3v) is 13.8. The molecule has 0 fully saturated rings. The standard InChI is InChI=1S/C66H42/c1-3-15-43(16-4-1)49-35-51(39-53(37-49)47-31-33-63-59-23-9-7-19-55(59)57-21-11-13-25-61(57)65(63)41-47)45-27-29-46(30-28-45)52-36-50(44-17-5-2-6-18-44)38-54(40-52)48-32-34-64-60-24-10-8-20-56(60)58-22-12-14-26-62(58)66(64)42-48/h1-42H. The first-order chi connectivity index (χ1) is 32.7. The third kappa shape index (κ3) is 6.46. The van der Waals surface area contributed by atoms with E-state index in [1.165, 1.54) is 131 Å². The zero-order chi connectivity index (χ0) is 43.6. The number of rotatable bonds is 6. The second kappa shape index (κ2) is 15.6. The van der Waals surface area contributed by atoms with Crippen LogP contribution in [0.15, 0.2) is 255 Å². The van der Waals surface area contributed by atoms with Gasteiger partial charge in [0.05, 0.1) is 0 Å². The number of hydrogen-bond donors (Lipinski definition) is 0. The highest BCUT2D eigenvalue weighted by Gasteiger charge is 2.15. The van der Waals surface area contributed by atoms with Crippen molar-refractivity contribution in [3.63, 3.8) is 0 Å². The summed E-state index contributed by atoms with van der Waals surface area (Å²) in [6.07, 6.45) is 0. The van der Waals surface area contributed by atoms with Crippen molar-refractivity contribution < 1.29 is 0 Å². The molecule has 0 aliphatic rings. The van der Waals surface area contributed by atoms with Crippen molar-refractivity contribution in [3.05, 3.63) is 255 Å². The van der Waals surface area contributed by atoms with Crippen LogP contribution in [0.3, 0.4) is 0 Å². The van der Waals surface area contributed by atoms with Crippen LogP contribution in [0.25, 0.3) is 131 Å². The fourth-order valence-electron chi connectivity index (χ4n) is 10.5. The van der Waals surface area contributed by atoms with Gasteiger partial charge in [0.25, 0.3) is 0 Å². The lowest BCUT2D eigenvalue weighted by Crippen LogP contribution is -1.89. The summed E-state index contributed by atoms with van der Waals surface area (Å²) in [5.74, 6) is 0. The number of fused-ring (bicyclic) bond motifs is 12. The van der Waals surface area contributed by atoms with Crippen LogP contribution in [-0.4, -0.2) is 0 Å². The van der Waals surface area contributed by atoms with Crippen LogP contribution in [0, 0.1) is 0 Å². The Morgan fingerprint density at radius 2 is 0.303 bits per heavy atom. The monoisotopic (exact) mass is 834 g/mol. The van der Waals surface area contributed by atoms with Gasteiger partial charge < -0.3 is 0 Å². The topological polar surface area (TPSA) is 0 Å². The Morgan fingerprint density at radius 1 is 0.106 bits per heavy atom. The smallest absolute Gasteiger partial charge is 0.00928 e. The molecule has 0 heterocycles. The normalized spacial score (nSPS) is 11.6. The SMILES string of the molecule is c1ccc(-c2cc(-c3ccc(-c4cc(-c5ccccc5)cc(-c5ccc6c7ccccc7c7ccccc7c6c5)c4)cc3)cc(-c3ccc4c5ccccc5c5ccccc5c4c3)c2)cc1. The molecule has 0 saturated heterocycles. The van der Waals surface area contributed by atoms with E-state index in [2.05, 4.69) is 255 Å². The maximum atomic E-state index is 2.40. The van der Waals surface area contributed by atoms with Crippen LogP contribution < -0.4 is 0 Å². The first-order valence-corrected chi connectivity index (χ1v) is 22.9. The molecule has 306 valence electrons. The third-order valence-electron chi connectivity index (χ3n) is 13.8. The molecular weight excluding hydrogens is 793 g/mol. The van der Waals surface area contributed by atoms with E-state index in [1.54, 1.807) is 0 Å². The largest absolute Gasteiger partial charge is 0.0622 e. The van der Waals surface area contributed by atoms with Crippen LogP contribution in [0.4, 0.5) is 0 Å². The summed E-state index contributed by atoms with van der Waals surface area (Å²) < 4.78 is 0. The average molecular weight is 835 g/mol. The Balaban J connectivity index is 0.934. The summed E-state index contributed by atoms with van der Waals surface area (Å²) in [7, 11) is 0. The van der Waals surface area contributed by atoms with Crippen LogP contribution in [0.2, 0.25) is 0 Å². The maximum Gasteiger partial charge on any atom is -0.00928 e. The van der Waals surface area contributed by atoms with E-state index in [0.29, 0.717) is 0 Å². The van der Waals surface area contributed by atoms with Gasteiger partial charge in [-0.25, -0.2) is 0 Å². The zero-order valence-corrected chi connectivity index (χ0v) is 36.2. The van der Waals surface area contributed by atoms with Crippen molar-refractivity contribution in [3.8, 4) is 66.8 Å². The lowest BCUT2D eigenvalue weighted by molar-refractivity contribution is 1.55. The summed E-state index contributed by atoms with van der Waals surface area (Å²) in [5, 5.41) is 15.4. The van der Waals surface area contributed by atoms with Crippen LogP contribution in [-0.2, 0) is 0 Å². The molecule has 0 atom stereocenters. The highest BCUT2D eigenvalue weighted by atomic mass is 14.2. The van der Waals surface area contributed by atoms with E-state index >= 15 is 0 Å². The number of benzene rings is 13. The van der Waals surface area contributed by atoms with Gasteiger partial charge in [-0.2, -0.15) is 0 Å². The van der Waals surface area contributed by atoms with Gasteiger partial charge in [-0.3, -0.25) is 0 Å². The van der Waals surface area contributed by atoms with Gasteiger partial charge in [0.15, 0.2) is 0 Å². The van der Waals surface area contributed by atoms with E-state index in [0.717, 1.165) is 0 Å². The molecule has 0 aliphatic carbocycles. The van der Waals surface area contributed by atoms with Crippen LogP contribution >= 0.6 is 0 Å². The van der Waals surface area contributed by atoms with Crippen molar-refractivity contribution in [1.29, 1.82) is 0 Å². The van der Waals surface area contributed by atoms with Crippen molar-refractivity contribution in [2.24, 2.45) is 0 Å². The first kappa shape index (κ1) is 37.9. The van der Waals surface area contributed by atoms with E-state index in [9.17, 15) is 0 Å². The minimum Gasteiger partial charge on any atom is -0.0622 e. The van der Waals surface area contributed by atoms with Crippen molar-refractivity contribution in [2.75, 3.05) is 0 Å². The predicted octanol–water partition coefficient (Wildman–Crippen LogP) is 18.6. The van der Waals surface area contributed by atoms with Crippen molar-refractivity contribution in [1.82, 2.24) is 0 Å². The summed E-state index contributed by atoms with van der Waals surface area (Å²) >= 11 is 0. The van der Waals surface area contributed by atoms with E-state index in [1.807, 2.05) is 0 Å². The minimum atomic E-state index is 1.18. The second-order valence-electron chi connectivity index (χ2n) is 17.6. The van der Waals surface area contributed by atoms with Gasteiger partial charge >= 0.3 is 0 Å². The second-order valence-corrected chi connectivity index (χ2v) is 17.6. The average Bonchev–Trinajstić information content (AvgIpc) is 3.41. The molecule has 13 aromatic rings. The van der Waals surface area contributed by atoms with Gasteiger partial charge in [0.2, 0.25) is 0 Å². The molecule has 0 nitrogen and oxygen atoms in total. The summed E-state index contributed by atoms with van der Waals surface area (Å²) in [5.41, 5.74) is 14.4. The highest BCUT2D eigenvalue weighted by molar-refractivity contribution is 6.27. The lowest BCUT2D eigenvalue weighted by Gasteiger charge is -2.15. The molecule has 0 aliphatic heterocycles. The first-order valence-electron chi connectivity index (χ1n) is 22.9. The number of hydrogen-bond acceptors (Lipinski definition) is 0. The molecule has 0 bridgehead atoms. The summed E-state index contributed by atoms with van der Waals surface area (Å²) in [6.45, 7) is 0. The minimum absolute atomic E-state index is 1.18. The molecular formula is C66H42. The Labute approximate surface area is 384 Å². The van der Waals surface area contributed by atoms with Gasteiger partial charge in [-0.15, -0.1) is 0 Å². The molecule has 13 rings (SSSR count). The van der Waals surface area contributed by atoms with Gasteiger partial charge in [-0.05, 0) is 180 Å². The predicted molar refractivity (Wildman–Crippen MR) is 284 cm³/mol. The molecule has 0 radical (unpaired) electrons. The molecule has 0 spiro atoms. The Morgan fingerprint density at radius 3 is 0.591 bits per heavy atom. The van der Waals surface area contributed by atoms with Crippen molar-refractivity contribution in [2.45, 2.75) is 0 Å². The van der Waals surface area contributed by atoms with E-state index in [4.69, 9.17) is 0 Å². The summed E-state index contributed by atoms with van der Waals surface area (Å²) in [4.78, 5) is 0. The molecule has 66 heavy (non-hydrogen) atoms. The molecule has 0 amide bonds. The maximum absolute atomic E-state index is 2.40.